The van der Waals surface area contributed by atoms with Crippen LogP contribution < -0.4 is 0 Å². The molecule has 0 atom stereocenters. The van der Waals surface area contributed by atoms with Gasteiger partial charge in [0.05, 0.1) is 26.6 Å². The molecule has 0 saturated heterocycles. The SMILES string of the molecule is CO/C=C\C(=O)OC. The van der Waals surface area contributed by atoms with E-state index in [4.69, 9.17) is 0 Å². The van der Waals surface area contributed by atoms with Crippen LogP contribution >= 0.6 is 0 Å². The van der Waals surface area contributed by atoms with E-state index < -0.39 is 5.97 Å². The molecule has 0 saturated carbocycles. The minimum atomic E-state index is -0.410. The van der Waals surface area contributed by atoms with E-state index in [2.05, 4.69) is 9.47 Å². The first-order chi connectivity index (χ1) is 3.81. The molecule has 0 radical (unpaired) electrons. The summed E-state index contributed by atoms with van der Waals surface area (Å²) in [6.07, 6.45) is 2.45. The van der Waals surface area contributed by atoms with Crippen LogP contribution in [-0.4, -0.2) is 20.2 Å². The van der Waals surface area contributed by atoms with Crippen molar-refractivity contribution in [2.45, 2.75) is 0 Å². The average Bonchev–Trinajstić information content (AvgIpc) is 1.83. The third kappa shape index (κ3) is 3.21. The molecule has 0 unspecified atom stereocenters. The monoisotopic (exact) mass is 116 g/mol. The molecule has 0 N–H and O–H groups in total. The summed E-state index contributed by atoms with van der Waals surface area (Å²) in [6, 6.07) is 0. The summed E-state index contributed by atoms with van der Waals surface area (Å²) < 4.78 is 8.68. The maximum atomic E-state index is 10.2. The Bertz CT molecular complexity index is 95.8. The van der Waals surface area contributed by atoms with Gasteiger partial charge in [0.2, 0.25) is 0 Å². The lowest BCUT2D eigenvalue weighted by atomic mass is 10.6. The minimum absolute atomic E-state index is 0.410. The molecule has 46 valence electrons. The molecule has 0 spiro atoms. The molecule has 0 aliphatic rings. The van der Waals surface area contributed by atoms with E-state index in [9.17, 15) is 4.79 Å². The van der Waals surface area contributed by atoms with Crippen LogP contribution in [0.1, 0.15) is 0 Å². The number of carbonyl (C=O) groups excluding carboxylic acids is 1. The fraction of sp³-hybridized carbons (Fsp3) is 0.400. The standard InChI is InChI=1S/C5H8O3/c1-7-4-3-5(6)8-2/h3-4H,1-2H3/b4-3-. The third-order valence-corrected chi connectivity index (χ3v) is 0.541. The zero-order chi connectivity index (χ0) is 6.41. The Morgan fingerprint density at radius 2 is 2.12 bits per heavy atom. The Hall–Kier alpha value is -0.990. The van der Waals surface area contributed by atoms with Gasteiger partial charge in [0.1, 0.15) is 0 Å². The number of methoxy groups -OCH3 is 2. The van der Waals surface area contributed by atoms with Crippen molar-refractivity contribution >= 4 is 5.97 Å². The first-order valence-corrected chi connectivity index (χ1v) is 2.08. The van der Waals surface area contributed by atoms with E-state index in [1.807, 2.05) is 0 Å². The van der Waals surface area contributed by atoms with E-state index >= 15 is 0 Å². The van der Waals surface area contributed by atoms with Crippen LogP contribution in [0.25, 0.3) is 0 Å². The molecule has 0 amide bonds. The van der Waals surface area contributed by atoms with Gasteiger partial charge in [-0.05, 0) is 0 Å². The molecule has 8 heavy (non-hydrogen) atoms. The summed E-state index contributed by atoms with van der Waals surface area (Å²) in [7, 11) is 2.77. The molecular weight excluding hydrogens is 108 g/mol. The molecule has 0 aromatic carbocycles. The lowest BCUT2D eigenvalue weighted by Gasteiger charge is -1.87. The second-order valence-corrected chi connectivity index (χ2v) is 1.06. The van der Waals surface area contributed by atoms with Gasteiger partial charge in [-0.15, -0.1) is 0 Å². The van der Waals surface area contributed by atoms with E-state index in [0.717, 1.165) is 0 Å². The smallest absolute Gasteiger partial charge is 0.333 e. The van der Waals surface area contributed by atoms with Gasteiger partial charge in [-0.25, -0.2) is 4.79 Å². The highest BCUT2D eigenvalue weighted by atomic mass is 16.5. The normalized spacial score (nSPS) is 9.25. The maximum absolute atomic E-state index is 10.2. The van der Waals surface area contributed by atoms with Gasteiger partial charge in [0, 0.05) is 0 Å². The summed E-state index contributed by atoms with van der Waals surface area (Å²) in [5.41, 5.74) is 0. The number of esters is 1. The Labute approximate surface area is 47.9 Å². The number of rotatable bonds is 2. The van der Waals surface area contributed by atoms with Gasteiger partial charge < -0.3 is 9.47 Å². The zero-order valence-electron chi connectivity index (χ0n) is 4.88. The summed E-state index contributed by atoms with van der Waals surface area (Å²) >= 11 is 0. The van der Waals surface area contributed by atoms with Crippen LogP contribution in [0.2, 0.25) is 0 Å². The first kappa shape index (κ1) is 7.01. The van der Waals surface area contributed by atoms with Crippen molar-refractivity contribution in [3.63, 3.8) is 0 Å². The molecule has 0 heterocycles. The highest BCUT2D eigenvalue weighted by molar-refractivity contribution is 5.81. The Morgan fingerprint density at radius 3 is 2.50 bits per heavy atom. The number of hydrogen-bond acceptors (Lipinski definition) is 3. The van der Waals surface area contributed by atoms with Gasteiger partial charge >= 0.3 is 5.97 Å². The third-order valence-electron chi connectivity index (χ3n) is 0.541. The minimum Gasteiger partial charge on any atom is -0.504 e. The summed E-state index contributed by atoms with van der Waals surface area (Å²) in [6.45, 7) is 0. The van der Waals surface area contributed by atoms with Crippen LogP contribution in [0, 0.1) is 0 Å². The molecule has 0 rings (SSSR count). The fourth-order valence-corrected chi connectivity index (χ4v) is 0.192. The highest BCUT2D eigenvalue weighted by Crippen LogP contribution is 1.76. The van der Waals surface area contributed by atoms with Gasteiger partial charge in [-0.3, -0.25) is 0 Å². The quantitative estimate of drug-likeness (QED) is 0.296. The van der Waals surface area contributed by atoms with Crippen LogP contribution in [0.15, 0.2) is 12.3 Å². The molecule has 0 aliphatic heterocycles. The number of ether oxygens (including phenoxy) is 2. The van der Waals surface area contributed by atoms with Gasteiger partial charge in [0.15, 0.2) is 0 Å². The molecular formula is C5H8O3. The summed E-state index contributed by atoms with van der Waals surface area (Å²) in [5, 5.41) is 0. The fourth-order valence-electron chi connectivity index (χ4n) is 0.192. The van der Waals surface area contributed by atoms with Gasteiger partial charge in [-0.2, -0.15) is 0 Å². The lowest BCUT2D eigenvalue weighted by molar-refractivity contribution is -0.134. The Balaban J connectivity index is 3.37. The average molecular weight is 116 g/mol. The second kappa shape index (κ2) is 4.18. The second-order valence-electron chi connectivity index (χ2n) is 1.06. The number of carbonyl (C=O) groups is 1. The van der Waals surface area contributed by atoms with Crippen molar-refractivity contribution < 1.29 is 14.3 Å². The van der Waals surface area contributed by atoms with Crippen molar-refractivity contribution in [1.82, 2.24) is 0 Å². The molecule has 0 aliphatic carbocycles. The number of hydrogen-bond donors (Lipinski definition) is 0. The Morgan fingerprint density at radius 1 is 1.50 bits per heavy atom. The van der Waals surface area contributed by atoms with E-state index in [1.54, 1.807) is 0 Å². The molecule has 3 nitrogen and oxygen atoms in total. The van der Waals surface area contributed by atoms with Gasteiger partial charge in [-0.1, -0.05) is 0 Å². The van der Waals surface area contributed by atoms with Gasteiger partial charge in [0.25, 0.3) is 0 Å². The first-order valence-electron chi connectivity index (χ1n) is 2.08. The van der Waals surface area contributed by atoms with Crippen LogP contribution in [0.3, 0.4) is 0 Å². The molecule has 3 heteroatoms. The zero-order valence-corrected chi connectivity index (χ0v) is 4.88. The highest BCUT2D eigenvalue weighted by Gasteiger charge is 1.86. The van der Waals surface area contributed by atoms with Crippen molar-refractivity contribution in [3.05, 3.63) is 12.3 Å². The van der Waals surface area contributed by atoms with Crippen LogP contribution in [0.4, 0.5) is 0 Å². The molecule has 0 bridgehead atoms. The topological polar surface area (TPSA) is 35.5 Å². The van der Waals surface area contributed by atoms with Crippen molar-refractivity contribution in [1.29, 1.82) is 0 Å². The summed E-state index contributed by atoms with van der Waals surface area (Å²) in [5.74, 6) is -0.410. The molecule has 0 aromatic heterocycles. The van der Waals surface area contributed by atoms with Crippen LogP contribution in [-0.2, 0) is 14.3 Å². The van der Waals surface area contributed by atoms with Crippen molar-refractivity contribution in [2.75, 3.05) is 14.2 Å². The molecule has 0 fully saturated rings. The Kier molecular flexibility index (Phi) is 3.66. The predicted octanol–water partition coefficient (Wildman–Crippen LogP) is 0.320. The van der Waals surface area contributed by atoms with Crippen molar-refractivity contribution in [2.24, 2.45) is 0 Å². The largest absolute Gasteiger partial charge is 0.504 e. The predicted molar refractivity (Wildman–Crippen MR) is 28.2 cm³/mol. The lowest BCUT2D eigenvalue weighted by Crippen LogP contribution is -1.93. The summed E-state index contributed by atoms with van der Waals surface area (Å²) in [4.78, 5) is 10.2. The van der Waals surface area contributed by atoms with E-state index in [1.165, 1.54) is 26.6 Å². The maximum Gasteiger partial charge on any atom is 0.333 e. The molecule has 0 aromatic rings. The van der Waals surface area contributed by atoms with Crippen LogP contribution in [0.5, 0.6) is 0 Å². The van der Waals surface area contributed by atoms with E-state index in [0.29, 0.717) is 0 Å². The van der Waals surface area contributed by atoms with Crippen molar-refractivity contribution in [3.8, 4) is 0 Å². The van der Waals surface area contributed by atoms with E-state index in [-0.39, 0.29) is 0 Å².